The van der Waals surface area contributed by atoms with E-state index >= 15 is 0 Å². The molecule has 2 unspecified atom stereocenters. The quantitative estimate of drug-likeness (QED) is 0.618. The smallest absolute Gasteiger partial charge is 0.240 e. The van der Waals surface area contributed by atoms with Gasteiger partial charge in [0.05, 0.1) is 19.1 Å². The van der Waals surface area contributed by atoms with Crippen LogP contribution >= 0.6 is 0 Å². The first kappa shape index (κ1) is 22.1. The molecule has 0 spiro atoms. The lowest BCUT2D eigenvalue weighted by Gasteiger charge is -2.26. The Morgan fingerprint density at radius 1 is 1.07 bits per heavy atom. The molecular weight excluding hydrogens is 384 g/mol. The van der Waals surface area contributed by atoms with E-state index in [1.165, 1.54) is 4.90 Å². The molecule has 1 heterocycles. The number of nitrogens with zero attached hydrogens (tertiary/aromatic N) is 1. The molecule has 1 aliphatic heterocycles. The van der Waals surface area contributed by atoms with Crippen molar-refractivity contribution in [3.05, 3.63) is 29.8 Å². The van der Waals surface area contributed by atoms with Gasteiger partial charge in [0.2, 0.25) is 17.7 Å². The van der Waals surface area contributed by atoms with Gasteiger partial charge in [-0.2, -0.15) is 0 Å². The van der Waals surface area contributed by atoms with Crippen molar-refractivity contribution in [3.63, 3.8) is 0 Å². The van der Waals surface area contributed by atoms with Gasteiger partial charge in [0.25, 0.3) is 0 Å². The molecule has 3 rings (SSSR count). The zero-order valence-electron chi connectivity index (χ0n) is 17.8. The molecule has 30 heavy (non-hydrogen) atoms. The molecule has 164 valence electrons. The molecule has 0 aromatic heterocycles. The van der Waals surface area contributed by atoms with E-state index in [0.717, 1.165) is 37.0 Å². The predicted octanol–water partition coefficient (Wildman–Crippen LogP) is 0.459. The Hall–Kier alpha value is -2.61. The van der Waals surface area contributed by atoms with Crippen molar-refractivity contribution in [1.82, 2.24) is 20.9 Å². The van der Waals surface area contributed by atoms with Crippen LogP contribution in [0.3, 0.4) is 0 Å². The second kappa shape index (κ2) is 10.4. The minimum Gasteiger partial charge on any atom is -0.489 e. The molecule has 0 radical (unpaired) electrons. The number of hydrogen-bond acceptors (Lipinski definition) is 5. The summed E-state index contributed by atoms with van der Waals surface area (Å²) in [5.74, 6) is 0.430. The highest BCUT2D eigenvalue weighted by atomic mass is 16.5. The van der Waals surface area contributed by atoms with Gasteiger partial charge in [0, 0.05) is 20.1 Å². The molecule has 8 nitrogen and oxygen atoms in total. The zero-order chi connectivity index (χ0) is 21.5. The minimum atomic E-state index is -0.345. The molecule has 2 atom stereocenters. The maximum absolute atomic E-state index is 12.9. The van der Waals surface area contributed by atoms with Crippen LogP contribution in [0.25, 0.3) is 0 Å². The monoisotopic (exact) mass is 416 g/mol. The third-order valence-electron chi connectivity index (χ3n) is 5.43. The molecule has 1 saturated carbocycles. The highest BCUT2D eigenvalue weighted by Gasteiger charge is 2.37. The van der Waals surface area contributed by atoms with E-state index in [-0.39, 0.29) is 43.0 Å². The normalized spacial score (nSPS) is 25.3. The lowest BCUT2D eigenvalue weighted by molar-refractivity contribution is -0.137. The van der Waals surface area contributed by atoms with Crippen LogP contribution in [-0.4, -0.2) is 68.0 Å². The van der Waals surface area contributed by atoms with Gasteiger partial charge in [-0.25, -0.2) is 0 Å². The number of para-hydroxylation sites is 1. The molecule has 0 saturated heterocycles. The molecule has 8 heteroatoms. The molecule has 2 aliphatic rings. The maximum atomic E-state index is 12.9. The van der Waals surface area contributed by atoms with E-state index in [9.17, 15) is 14.4 Å². The third kappa shape index (κ3) is 6.45. The molecule has 1 fully saturated rings. The summed E-state index contributed by atoms with van der Waals surface area (Å²) < 4.78 is 6.15. The maximum Gasteiger partial charge on any atom is 0.240 e. The number of fused-ring (bicyclic) bond motifs is 1. The van der Waals surface area contributed by atoms with Crippen molar-refractivity contribution in [2.75, 3.05) is 33.2 Å². The van der Waals surface area contributed by atoms with Crippen molar-refractivity contribution in [2.24, 2.45) is 5.92 Å². The van der Waals surface area contributed by atoms with Crippen molar-refractivity contribution in [1.29, 1.82) is 0 Å². The second-order valence-corrected chi connectivity index (χ2v) is 8.18. The molecule has 0 bridgehead atoms. The third-order valence-corrected chi connectivity index (χ3v) is 5.43. The van der Waals surface area contributed by atoms with Gasteiger partial charge in [-0.3, -0.25) is 14.4 Å². The minimum absolute atomic E-state index is 0.0730. The molecule has 1 aliphatic carbocycles. The topological polar surface area (TPSA) is 99.8 Å². The summed E-state index contributed by atoms with van der Waals surface area (Å²) in [7, 11) is 1.62. The summed E-state index contributed by atoms with van der Waals surface area (Å²) in [4.78, 5) is 38.4. The van der Waals surface area contributed by atoms with Gasteiger partial charge in [0.1, 0.15) is 11.9 Å². The first-order chi connectivity index (χ1) is 14.4. The summed E-state index contributed by atoms with van der Waals surface area (Å²) in [5.41, 5.74) is 1.09. The lowest BCUT2D eigenvalue weighted by atomic mass is 10.1. The van der Waals surface area contributed by atoms with Crippen LogP contribution in [0, 0.1) is 5.92 Å². The van der Waals surface area contributed by atoms with Crippen molar-refractivity contribution < 1.29 is 19.1 Å². The number of nitrogens with one attached hydrogen (secondary N) is 3. The van der Waals surface area contributed by atoms with E-state index in [0.29, 0.717) is 19.0 Å². The summed E-state index contributed by atoms with van der Waals surface area (Å²) >= 11 is 0. The Morgan fingerprint density at radius 2 is 1.83 bits per heavy atom. The summed E-state index contributed by atoms with van der Waals surface area (Å²) in [6.07, 6.45) is 3.43. The van der Waals surface area contributed by atoms with E-state index in [2.05, 4.69) is 16.0 Å². The molecule has 3 amide bonds. The van der Waals surface area contributed by atoms with E-state index < -0.39 is 0 Å². The first-order valence-corrected chi connectivity index (χ1v) is 10.7. The van der Waals surface area contributed by atoms with Gasteiger partial charge in [0.15, 0.2) is 0 Å². The molecule has 1 aromatic carbocycles. The van der Waals surface area contributed by atoms with Crippen molar-refractivity contribution >= 4 is 17.7 Å². The standard InChI is InChI=1S/C22H32N4O4/c1-15-12-25-21(17-9-10-17)22(29)26(2)14-20(28)24-13-19(27)23-11-5-7-16-6-3-4-8-18(16)30-15/h3-4,6,8,15,17,21,25H,5,7,9-14H2,1-2H3,(H,23,27)(H,24,28). The number of likely N-dealkylation sites (N-methyl/N-ethyl adjacent to an activating group) is 1. The predicted molar refractivity (Wildman–Crippen MR) is 113 cm³/mol. The van der Waals surface area contributed by atoms with Crippen molar-refractivity contribution in [3.8, 4) is 5.75 Å². The number of carbonyl (C=O) groups excluding carboxylic acids is 3. The fraction of sp³-hybridized carbons (Fsp3) is 0.591. The van der Waals surface area contributed by atoms with Crippen LogP contribution in [0.4, 0.5) is 0 Å². The zero-order valence-corrected chi connectivity index (χ0v) is 17.8. The number of benzene rings is 1. The average molecular weight is 417 g/mol. The van der Waals surface area contributed by atoms with Gasteiger partial charge < -0.3 is 25.6 Å². The summed E-state index contributed by atoms with van der Waals surface area (Å²) in [6.45, 7) is 2.87. The fourth-order valence-electron chi connectivity index (χ4n) is 3.60. The number of carbonyl (C=O) groups is 3. The first-order valence-electron chi connectivity index (χ1n) is 10.7. The molecular formula is C22H32N4O4. The Kier molecular flexibility index (Phi) is 7.68. The van der Waals surface area contributed by atoms with Gasteiger partial charge >= 0.3 is 0 Å². The van der Waals surface area contributed by atoms with Crippen LogP contribution in [-0.2, 0) is 20.8 Å². The average Bonchev–Trinajstić information content (AvgIpc) is 3.55. The Bertz CT molecular complexity index is 765. The number of amides is 3. The van der Waals surface area contributed by atoms with Crippen LogP contribution < -0.4 is 20.7 Å². The van der Waals surface area contributed by atoms with E-state index in [1.54, 1.807) is 7.05 Å². The highest BCUT2D eigenvalue weighted by Crippen LogP contribution is 2.33. The molecule has 3 N–H and O–H groups in total. The Balaban J connectivity index is 1.71. The van der Waals surface area contributed by atoms with Crippen LogP contribution in [0.1, 0.15) is 31.7 Å². The van der Waals surface area contributed by atoms with Crippen LogP contribution in [0.2, 0.25) is 0 Å². The number of rotatable bonds is 1. The number of aryl methyl sites for hydroxylation is 1. The number of ether oxygens (including phenoxy) is 1. The number of hydrogen-bond donors (Lipinski definition) is 3. The summed E-state index contributed by atoms with van der Waals surface area (Å²) in [5, 5.41) is 8.75. The van der Waals surface area contributed by atoms with Gasteiger partial charge in [-0.1, -0.05) is 18.2 Å². The SMILES string of the molecule is CC1CNC(C2CC2)C(=O)N(C)CC(=O)NCC(=O)NCCCc2ccccc2O1. The summed E-state index contributed by atoms with van der Waals surface area (Å²) in [6, 6.07) is 7.58. The second-order valence-electron chi connectivity index (χ2n) is 8.18. The molecule has 1 aromatic rings. The van der Waals surface area contributed by atoms with E-state index in [4.69, 9.17) is 4.74 Å². The van der Waals surface area contributed by atoms with E-state index in [1.807, 2.05) is 31.2 Å². The highest BCUT2D eigenvalue weighted by molar-refractivity contribution is 5.89. The van der Waals surface area contributed by atoms with Crippen LogP contribution in [0.5, 0.6) is 5.75 Å². The Morgan fingerprint density at radius 3 is 2.60 bits per heavy atom. The largest absolute Gasteiger partial charge is 0.489 e. The Labute approximate surface area is 177 Å². The lowest BCUT2D eigenvalue weighted by Crippen LogP contribution is -2.51. The van der Waals surface area contributed by atoms with Crippen LogP contribution in [0.15, 0.2) is 24.3 Å². The van der Waals surface area contributed by atoms with Gasteiger partial charge in [-0.05, 0) is 50.2 Å². The van der Waals surface area contributed by atoms with Crippen molar-refractivity contribution in [2.45, 2.75) is 44.8 Å². The fourth-order valence-corrected chi connectivity index (χ4v) is 3.60. The van der Waals surface area contributed by atoms with Gasteiger partial charge in [-0.15, -0.1) is 0 Å².